The number of hydrogen-bond donors (Lipinski definition) is 0. The van der Waals surface area contributed by atoms with E-state index in [-0.39, 0.29) is 0 Å². The van der Waals surface area contributed by atoms with Gasteiger partial charge in [-0.2, -0.15) is 4.57 Å². The minimum absolute atomic E-state index is 1.12. The topological polar surface area (TPSA) is 22.9 Å². The molecule has 3 aromatic rings. The molecule has 0 fully saturated rings. The predicted molar refractivity (Wildman–Crippen MR) is 70.5 cm³/mol. The lowest BCUT2D eigenvalue weighted by molar-refractivity contribution is -0.646. The molecule has 1 aromatic carbocycles. The molecule has 0 aliphatic heterocycles. The molecular weight excluding hydrogens is 222 g/mol. The molecule has 2 aromatic heterocycles. The first-order valence-electron chi connectivity index (χ1n) is 6.11. The van der Waals surface area contributed by atoms with Crippen LogP contribution >= 0.6 is 0 Å². The SMILES string of the molecule is Cc1ccc(-n2c[n+](C)c3cc(C)c[nH+]c32)cc1. The Morgan fingerprint density at radius 2 is 1.78 bits per heavy atom. The smallest absolute Gasteiger partial charge is 0.243 e. The van der Waals surface area contributed by atoms with Crippen LogP contribution in [0.2, 0.25) is 0 Å². The maximum absolute atomic E-state index is 3.36. The molecule has 3 heteroatoms. The van der Waals surface area contributed by atoms with Crippen LogP contribution < -0.4 is 9.55 Å². The Morgan fingerprint density at radius 3 is 2.50 bits per heavy atom. The third kappa shape index (κ3) is 1.68. The molecular formula is C15H17N3+2. The highest BCUT2D eigenvalue weighted by Crippen LogP contribution is 2.14. The van der Waals surface area contributed by atoms with Crippen molar-refractivity contribution in [3.05, 3.63) is 54.0 Å². The fourth-order valence-corrected chi connectivity index (χ4v) is 2.24. The summed E-state index contributed by atoms with van der Waals surface area (Å²) in [6, 6.07) is 10.7. The first kappa shape index (κ1) is 11.0. The number of pyridine rings is 1. The van der Waals surface area contributed by atoms with Crippen molar-refractivity contribution in [3.63, 3.8) is 0 Å². The standard InChI is InChI=1S/C15H16N3/c1-11-4-6-13(7-5-11)18-10-17(3)14-8-12(2)9-16-15(14)18/h4-10H,1-3H3/q+1/p+1. The van der Waals surface area contributed by atoms with Crippen LogP contribution in [0.15, 0.2) is 42.9 Å². The highest BCUT2D eigenvalue weighted by atomic mass is 15.2. The van der Waals surface area contributed by atoms with E-state index in [0.29, 0.717) is 0 Å². The van der Waals surface area contributed by atoms with Gasteiger partial charge in [-0.3, -0.25) is 0 Å². The maximum Gasteiger partial charge on any atom is 0.335 e. The summed E-state index contributed by atoms with van der Waals surface area (Å²) >= 11 is 0. The summed E-state index contributed by atoms with van der Waals surface area (Å²) in [6.07, 6.45) is 4.14. The summed E-state index contributed by atoms with van der Waals surface area (Å²) in [5.74, 6) is 0. The molecule has 0 spiro atoms. The molecule has 0 radical (unpaired) electrons. The summed E-state index contributed by atoms with van der Waals surface area (Å²) in [6.45, 7) is 4.20. The lowest BCUT2D eigenvalue weighted by Crippen LogP contribution is -2.25. The van der Waals surface area contributed by atoms with Crippen molar-refractivity contribution in [2.75, 3.05) is 0 Å². The van der Waals surface area contributed by atoms with Crippen molar-refractivity contribution >= 4 is 11.2 Å². The fraction of sp³-hybridized carbons (Fsp3) is 0.200. The van der Waals surface area contributed by atoms with Crippen LogP contribution in [0, 0.1) is 13.8 Å². The zero-order valence-corrected chi connectivity index (χ0v) is 10.9. The third-order valence-electron chi connectivity index (χ3n) is 3.27. The van der Waals surface area contributed by atoms with Crippen LogP contribution in [0.1, 0.15) is 11.1 Å². The summed E-state index contributed by atoms with van der Waals surface area (Å²) in [5.41, 5.74) is 6.01. The molecule has 3 rings (SSSR count). The predicted octanol–water partition coefficient (Wildman–Crippen LogP) is 1.89. The summed E-state index contributed by atoms with van der Waals surface area (Å²) in [4.78, 5) is 3.36. The number of imidazole rings is 1. The number of aromatic nitrogens is 3. The zero-order chi connectivity index (χ0) is 12.7. The molecule has 0 aliphatic carbocycles. The summed E-state index contributed by atoms with van der Waals surface area (Å²) in [7, 11) is 2.07. The molecule has 2 heterocycles. The number of rotatable bonds is 1. The van der Waals surface area contributed by atoms with Gasteiger partial charge in [0, 0.05) is 6.07 Å². The number of nitrogens with zero attached hydrogens (tertiary/aromatic N) is 2. The molecule has 0 saturated heterocycles. The van der Waals surface area contributed by atoms with Gasteiger partial charge < -0.3 is 0 Å². The van der Waals surface area contributed by atoms with Crippen molar-refractivity contribution in [1.29, 1.82) is 0 Å². The van der Waals surface area contributed by atoms with Crippen molar-refractivity contribution in [3.8, 4) is 5.69 Å². The molecule has 0 amide bonds. The Morgan fingerprint density at radius 1 is 1.06 bits per heavy atom. The maximum atomic E-state index is 3.36. The normalized spacial score (nSPS) is 11.1. The van der Waals surface area contributed by atoms with Gasteiger partial charge in [-0.1, -0.05) is 17.7 Å². The first-order valence-corrected chi connectivity index (χ1v) is 6.11. The van der Waals surface area contributed by atoms with Crippen LogP contribution in [0.5, 0.6) is 0 Å². The van der Waals surface area contributed by atoms with Gasteiger partial charge in [0.2, 0.25) is 5.52 Å². The van der Waals surface area contributed by atoms with Gasteiger partial charge in [0.1, 0.15) is 5.69 Å². The largest absolute Gasteiger partial charge is 0.335 e. The van der Waals surface area contributed by atoms with Gasteiger partial charge in [-0.15, -0.1) is 0 Å². The average molecular weight is 239 g/mol. The number of fused-ring (bicyclic) bond motifs is 1. The molecule has 0 aliphatic rings. The van der Waals surface area contributed by atoms with E-state index >= 15 is 0 Å². The number of nitrogens with one attached hydrogen (secondary N) is 1. The van der Waals surface area contributed by atoms with E-state index in [4.69, 9.17) is 0 Å². The molecule has 0 saturated carbocycles. The minimum Gasteiger partial charge on any atom is -0.243 e. The molecule has 0 bridgehead atoms. The minimum atomic E-state index is 1.12. The Labute approximate surface area is 106 Å². The fourth-order valence-electron chi connectivity index (χ4n) is 2.24. The average Bonchev–Trinajstić information content (AvgIpc) is 2.68. The van der Waals surface area contributed by atoms with E-state index in [1.807, 2.05) is 6.20 Å². The second-order valence-corrected chi connectivity index (χ2v) is 4.84. The Balaban J connectivity index is 2.26. The summed E-state index contributed by atoms with van der Waals surface area (Å²) < 4.78 is 4.31. The molecule has 0 atom stereocenters. The number of H-pyrrole nitrogens is 1. The molecule has 1 N–H and O–H groups in total. The first-order chi connectivity index (χ1) is 8.65. The van der Waals surface area contributed by atoms with E-state index < -0.39 is 0 Å². The quantitative estimate of drug-likeness (QED) is 0.579. The van der Waals surface area contributed by atoms with Crippen LogP contribution in [0.4, 0.5) is 0 Å². The van der Waals surface area contributed by atoms with E-state index in [1.54, 1.807) is 0 Å². The van der Waals surface area contributed by atoms with Crippen molar-refractivity contribution < 1.29 is 9.55 Å². The van der Waals surface area contributed by atoms with Gasteiger partial charge in [-0.05, 0) is 31.5 Å². The lowest BCUT2D eigenvalue weighted by atomic mass is 10.2. The van der Waals surface area contributed by atoms with Crippen LogP contribution in [-0.2, 0) is 7.05 Å². The number of benzene rings is 1. The van der Waals surface area contributed by atoms with Crippen molar-refractivity contribution in [2.45, 2.75) is 13.8 Å². The van der Waals surface area contributed by atoms with Gasteiger partial charge in [-0.25, -0.2) is 9.55 Å². The van der Waals surface area contributed by atoms with Gasteiger partial charge in [0.25, 0.3) is 6.33 Å². The Kier molecular flexibility index (Phi) is 2.40. The number of hydrogen-bond acceptors (Lipinski definition) is 0. The molecule has 90 valence electrons. The third-order valence-corrected chi connectivity index (χ3v) is 3.27. The number of aryl methyl sites for hydroxylation is 3. The van der Waals surface area contributed by atoms with Gasteiger partial charge >= 0.3 is 5.65 Å². The van der Waals surface area contributed by atoms with Crippen LogP contribution in [-0.4, -0.2) is 4.57 Å². The van der Waals surface area contributed by atoms with Gasteiger partial charge in [0.05, 0.1) is 13.2 Å². The number of aromatic amines is 1. The second-order valence-electron chi connectivity index (χ2n) is 4.84. The molecule has 18 heavy (non-hydrogen) atoms. The van der Waals surface area contributed by atoms with Crippen molar-refractivity contribution in [1.82, 2.24) is 4.57 Å². The van der Waals surface area contributed by atoms with Crippen LogP contribution in [0.3, 0.4) is 0 Å². The van der Waals surface area contributed by atoms with Crippen molar-refractivity contribution in [2.24, 2.45) is 7.05 Å². The van der Waals surface area contributed by atoms with Gasteiger partial charge in [0.15, 0.2) is 0 Å². The molecule has 3 nitrogen and oxygen atoms in total. The van der Waals surface area contributed by atoms with E-state index in [9.17, 15) is 0 Å². The zero-order valence-electron chi connectivity index (χ0n) is 10.9. The highest BCUT2D eigenvalue weighted by Gasteiger charge is 2.18. The van der Waals surface area contributed by atoms with E-state index in [1.165, 1.54) is 22.3 Å². The highest BCUT2D eigenvalue weighted by molar-refractivity contribution is 5.66. The second kappa shape index (κ2) is 3.95. The van der Waals surface area contributed by atoms with E-state index in [2.05, 4.69) is 71.7 Å². The molecule has 0 unspecified atom stereocenters. The summed E-state index contributed by atoms with van der Waals surface area (Å²) in [5, 5.41) is 0. The lowest BCUT2D eigenvalue weighted by Gasteiger charge is -1.96. The van der Waals surface area contributed by atoms with E-state index in [0.717, 1.165) is 5.65 Å². The van der Waals surface area contributed by atoms with Crippen LogP contribution in [0.25, 0.3) is 16.9 Å². The Hall–Kier alpha value is -2.16. The Bertz CT molecular complexity index is 708. The monoisotopic (exact) mass is 239 g/mol.